The van der Waals surface area contributed by atoms with Gasteiger partial charge in [0, 0.05) is 12.1 Å². The number of rotatable bonds is 6. The average Bonchev–Trinajstić information content (AvgIpc) is 2.86. The van der Waals surface area contributed by atoms with E-state index in [0.29, 0.717) is 35.9 Å². The Hall–Kier alpha value is -1.92. The zero-order valence-electron chi connectivity index (χ0n) is 11.8. The van der Waals surface area contributed by atoms with Crippen LogP contribution in [0.5, 0.6) is 11.5 Å². The molecule has 0 fully saturated rings. The van der Waals surface area contributed by atoms with Gasteiger partial charge in [0.2, 0.25) is 6.79 Å². The van der Waals surface area contributed by atoms with E-state index in [0.717, 1.165) is 0 Å². The van der Waals surface area contributed by atoms with E-state index in [2.05, 4.69) is 11.9 Å². The third kappa shape index (κ3) is 4.27. The third-order valence-corrected chi connectivity index (χ3v) is 2.86. The molecule has 21 heavy (non-hydrogen) atoms. The summed E-state index contributed by atoms with van der Waals surface area (Å²) in [4.78, 5) is 12.0. The van der Waals surface area contributed by atoms with Crippen molar-refractivity contribution in [2.45, 2.75) is 19.4 Å². The number of halogens is 1. The number of hydrogen-bond donors (Lipinski definition) is 2. The topological polar surface area (TPSA) is 82.8 Å². The first kappa shape index (κ1) is 17.1. The van der Waals surface area contributed by atoms with Crippen LogP contribution in [0.3, 0.4) is 0 Å². The fourth-order valence-corrected chi connectivity index (χ4v) is 1.70. The zero-order valence-corrected chi connectivity index (χ0v) is 12.6. The second-order valence-corrected chi connectivity index (χ2v) is 4.37. The predicted octanol–water partition coefficient (Wildman–Crippen LogP) is 2.34. The van der Waals surface area contributed by atoms with Crippen LogP contribution >= 0.6 is 12.4 Å². The lowest BCUT2D eigenvalue weighted by Gasteiger charge is -2.14. The monoisotopic (exact) mass is 314 g/mol. The molecule has 0 spiro atoms. The zero-order chi connectivity index (χ0) is 14.5. The normalized spacial score (nSPS) is 13.2. The molecule has 0 saturated heterocycles. The molecule has 1 heterocycles. The van der Waals surface area contributed by atoms with Crippen molar-refractivity contribution in [3.8, 4) is 11.5 Å². The molecule has 6 nitrogen and oxygen atoms in total. The van der Waals surface area contributed by atoms with Crippen LogP contribution in [0.2, 0.25) is 0 Å². The van der Waals surface area contributed by atoms with Crippen molar-refractivity contribution >= 4 is 29.7 Å². The molecule has 1 aromatic rings. The van der Waals surface area contributed by atoms with Gasteiger partial charge in [0.1, 0.15) is 6.10 Å². The lowest BCUT2D eigenvalue weighted by atomic mass is 10.2. The Kier molecular flexibility index (Phi) is 6.33. The molecular formula is C14H19ClN2O4. The number of carbonyl (C=O) groups is 1. The SMILES string of the molecule is C=CCCOC(C)C(=O)Nc1cc2c(cc1N)OCO2.Cl. The van der Waals surface area contributed by atoms with Crippen molar-refractivity contribution in [3.05, 3.63) is 24.8 Å². The molecule has 7 heteroatoms. The van der Waals surface area contributed by atoms with Crippen molar-refractivity contribution in [2.24, 2.45) is 0 Å². The maximum atomic E-state index is 12.0. The van der Waals surface area contributed by atoms with Crippen molar-refractivity contribution in [3.63, 3.8) is 0 Å². The molecule has 0 saturated carbocycles. The molecule has 0 aliphatic carbocycles. The number of benzene rings is 1. The highest BCUT2D eigenvalue weighted by Gasteiger charge is 2.19. The molecule has 1 amide bonds. The highest BCUT2D eigenvalue weighted by molar-refractivity contribution is 5.97. The molecule has 1 unspecified atom stereocenters. The fraction of sp³-hybridized carbons (Fsp3) is 0.357. The van der Waals surface area contributed by atoms with E-state index in [4.69, 9.17) is 19.9 Å². The number of carbonyl (C=O) groups excluding carboxylic acids is 1. The molecular weight excluding hydrogens is 296 g/mol. The van der Waals surface area contributed by atoms with Gasteiger partial charge in [-0.05, 0) is 13.3 Å². The maximum absolute atomic E-state index is 12.0. The smallest absolute Gasteiger partial charge is 0.253 e. The number of nitrogen functional groups attached to an aromatic ring is 1. The molecule has 1 atom stereocenters. The lowest BCUT2D eigenvalue weighted by Crippen LogP contribution is -2.28. The Morgan fingerprint density at radius 2 is 2.19 bits per heavy atom. The predicted molar refractivity (Wildman–Crippen MR) is 83.1 cm³/mol. The molecule has 116 valence electrons. The van der Waals surface area contributed by atoms with E-state index >= 15 is 0 Å². The number of ether oxygens (including phenoxy) is 3. The van der Waals surface area contributed by atoms with Crippen LogP contribution < -0.4 is 20.5 Å². The number of nitrogens with two attached hydrogens (primary N) is 1. The highest BCUT2D eigenvalue weighted by Crippen LogP contribution is 2.38. The summed E-state index contributed by atoms with van der Waals surface area (Å²) >= 11 is 0. The largest absolute Gasteiger partial charge is 0.454 e. The number of hydrogen-bond acceptors (Lipinski definition) is 5. The van der Waals surface area contributed by atoms with Crippen LogP contribution in [0, 0.1) is 0 Å². The minimum atomic E-state index is -0.570. The van der Waals surface area contributed by atoms with Crippen LogP contribution in [0.4, 0.5) is 11.4 Å². The van der Waals surface area contributed by atoms with Gasteiger partial charge in [0.15, 0.2) is 11.5 Å². The molecule has 2 rings (SSSR count). The van der Waals surface area contributed by atoms with Crippen molar-refractivity contribution in [2.75, 3.05) is 24.5 Å². The van der Waals surface area contributed by atoms with Gasteiger partial charge in [-0.15, -0.1) is 19.0 Å². The van der Waals surface area contributed by atoms with Gasteiger partial charge in [-0.1, -0.05) is 6.08 Å². The summed E-state index contributed by atoms with van der Waals surface area (Å²) in [6.45, 7) is 5.89. The van der Waals surface area contributed by atoms with Crippen LogP contribution in [-0.4, -0.2) is 25.4 Å². The van der Waals surface area contributed by atoms with Gasteiger partial charge in [0.25, 0.3) is 5.91 Å². The van der Waals surface area contributed by atoms with E-state index in [1.54, 1.807) is 25.1 Å². The second-order valence-electron chi connectivity index (χ2n) is 4.37. The summed E-state index contributed by atoms with van der Waals surface area (Å²) in [7, 11) is 0. The van der Waals surface area contributed by atoms with E-state index in [1.807, 2.05) is 0 Å². The summed E-state index contributed by atoms with van der Waals surface area (Å²) in [5, 5.41) is 2.72. The number of anilines is 2. The first-order valence-electron chi connectivity index (χ1n) is 6.34. The first-order chi connectivity index (χ1) is 9.61. The summed E-state index contributed by atoms with van der Waals surface area (Å²) in [5.41, 5.74) is 6.76. The van der Waals surface area contributed by atoms with Gasteiger partial charge in [-0.2, -0.15) is 0 Å². The molecule has 1 aliphatic heterocycles. The van der Waals surface area contributed by atoms with Gasteiger partial charge in [0.05, 0.1) is 18.0 Å². The standard InChI is InChI=1S/C14H18N2O4.ClH/c1-3-4-5-18-9(2)14(17)16-11-7-13-12(6-10(11)15)19-8-20-13;/h3,6-7,9H,1,4-5,8,15H2,2H3,(H,16,17);1H. The number of fused-ring (bicyclic) bond motifs is 1. The average molecular weight is 315 g/mol. The van der Waals surface area contributed by atoms with Crippen LogP contribution in [0.25, 0.3) is 0 Å². The minimum absolute atomic E-state index is 0. The molecule has 1 aromatic carbocycles. The minimum Gasteiger partial charge on any atom is -0.454 e. The maximum Gasteiger partial charge on any atom is 0.253 e. The summed E-state index contributed by atoms with van der Waals surface area (Å²) in [5.74, 6) is 0.880. The van der Waals surface area contributed by atoms with Gasteiger partial charge >= 0.3 is 0 Å². The third-order valence-electron chi connectivity index (χ3n) is 2.86. The van der Waals surface area contributed by atoms with Gasteiger partial charge in [-0.3, -0.25) is 4.79 Å². The van der Waals surface area contributed by atoms with E-state index in [-0.39, 0.29) is 25.1 Å². The Morgan fingerprint density at radius 3 is 2.86 bits per heavy atom. The fourth-order valence-electron chi connectivity index (χ4n) is 1.70. The van der Waals surface area contributed by atoms with Gasteiger partial charge < -0.3 is 25.3 Å². The van der Waals surface area contributed by atoms with Crippen molar-refractivity contribution in [1.29, 1.82) is 0 Å². The highest BCUT2D eigenvalue weighted by atomic mass is 35.5. The van der Waals surface area contributed by atoms with Crippen molar-refractivity contribution < 1.29 is 19.0 Å². The van der Waals surface area contributed by atoms with Gasteiger partial charge in [-0.25, -0.2) is 0 Å². The molecule has 0 radical (unpaired) electrons. The molecule has 1 aliphatic rings. The second kappa shape index (κ2) is 7.75. The van der Waals surface area contributed by atoms with E-state index in [1.165, 1.54) is 0 Å². The van der Waals surface area contributed by atoms with Crippen LogP contribution in [-0.2, 0) is 9.53 Å². The summed E-state index contributed by atoms with van der Waals surface area (Å²) in [6, 6.07) is 3.27. The summed E-state index contributed by atoms with van der Waals surface area (Å²) < 4.78 is 15.8. The van der Waals surface area contributed by atoms with E-state index < -0.39 is 6.10 Å². The van der Waals surface area contributed by atoms with Crippen LogP contribution in [0.15, 0.2) is 24.8 Å². The quantitative estimate of drug-likeness (QED) is 0.478. The number of amides is 1. The van der Waals surface area contributed by atoms with Crippen LogP contribution in [0.1, 0.15) is 13.3 Å². The Balaban J connectivity index is 0.00000220. The first-order valence-corrected chi connectivity index (χ1v) is 6.34. The Morgan fingerprint density at radius 1 is 1.52 bits per heavy atom. The Labute approximate surface area is 129 Å². The van der Waals surface area contributed by atoms with E-state index in [9.17, 15) is 4.79 Å². The lowest BCUT2D eigenvalue weighted by molar-refractivity contribution is -0.126. The molecule has 0 aromatic heterocycles. The number of nitrogens with one attached hydrogen (secondary N) is 1. The summed E-state index contributed by atoms with van der Waals surface area (Å²) in [6.07, 6.45) is 1.87. The molecule has 0 bridgehead atoms. The van der Waals surface area contributed by atoms with Crippen molar-refractivity contribution in [1.82, 2.24) is 0 Å². The molecule has 3 N–H and O–H groups in total. The Bertz CT molecular complexity index is 522.